The lowest BCUT2D eigenvalue weighted by atomic mass is 10.2. The molecule has 0 aliphatic rings. The number of carboxylic acid groups (broad SMARTS) is 1. The summed E-state index contributed by atoms with van der Waals surface area (Å²) >= 11 is 0. The van der Waals surface area contributed by atoms with Gasteiger partial charge in [0.05, 0.1) is 10.5 Å². The number of hydrogen-bond donors (Lipinski definition) is 3. The molecule has 0 saturated heterocycles. The number of nitrogens with one attached hydrogen (secondary N) is 1. The highest BCUT2D eigenvalue weighted by atomic mass is 32.2. The summed E-state index contributed by atoms with van der Waals surface area (Å²) in [5.74, 6) is -1.21. The van der Waals surface area contributed by atoms with Crippen molar-refractivity contribution in [1.29, 1.82) is 0 Å². The molecular weight excluding hydrogens is 282 g/mol. The minimum Gasteiger partial charge on any atom is -0.478 e. The molecule has 0 amide bonds. The van der Waals surface area contributed by atoms with Gasteiger partial charge in [0, 0.05) is 18.8 Å². The molecule has 0 radical (unpaired) electrons. The summed E-state index contributed by atoms with van der Waals surface area (Å²) in [4.78, 5) is 13.0. The van der Waals surface area contributed by atoms with E-state index in [9.17, 15) is 13.2 Å². The van der Waals surface area contributed by atoms with Crippen molar-refractivity contribution in [3.05, 3.63) is 23.8 Å². The van der Waals surface area contributed by atoms with E-state index in [-0.39, 0.29) is 10.5 Å². The van der Waals surface area contributed by atoms with E-state index in [1.54, 1.807) is 0 Å². The Morgan fingerprint density at radius 1 is 1.45 bits per heavy atom. The Morgan fingerprint density at radius 3 is 2.60 bits per heavy atom. The van der Waals surface area contributed by atoms with Crippen LogP contribution in [0.1, 0.15) is 17.3 Å². The van der Waals surface area contributed by atoms with Crippen molar-refractivity contribution < 1.29 is 18.3 Å². The van der Waals surface area contributed by atoms with Crippen molar-refractivity contribution in [3.8, 4) is 0 Å². The number of primary sulfonamides is 1. The smallest absolute Gasteiger partial charge is 0.337 e. The van der Waals surface area contributed by atoms with Crippen LogP contribution in [0.4, 0.5) is 5.69 Å². The molecule has 0 spiro atoms. The monoisotopic (exact) mass is 301 g/mol. The molecule has 20 heavy (non-hydrogen) atoms. The molecule has 0 fully saturated rings. The molecule has 1 aromatic rings. The summed E-state index contributed by atoms with van der Waals surface area (Å²) in [5.41, 5.74) is 0.255. The van der Waals surface area contributed by atoms with Gasteiger partial charge in [0.25, 0.3) is 0 Å². The number of likely N-dealkylation sites (N-methyl/N-ethyl adjacent to an activating group) is 1. The van der Waals surface area contributed by atoms with Gasteiger partial charge in [-0.15, -0.1) is 0 Å². The van der Waals surface area contributed by atoms with E-state index in [1.807, 2.05) is 14.0 Å². The Labute approximate surface area is 118 Å². The second kappa shape index (κ2) is 6.69. The molecule has 0 heterocycles. The van der Waals surface area contributed by atoms with Crippen LogP contribution in [0.15, 0.2) is 23.1 Å². The Hall–Kier alpha value is -1.64. The number of nitrogens with zero attached hydrogens (tertiary/aromatic N) is 1. The van der Waals surface area contributed by atoms with Gasteiger partial charge in [-0.05, 0) is 31.8 Å². The molecule has 0 aliphatic carbocycles. The first-order valence-corrected chi connectivity index (χ1v) is 7.63. The van der Waals surface area contributed by atoms with Crippen LogP contribution in [-0.2, 0) is 10.0 Å². The summed E-state index contributed by atoms with van der Waals surface area (Å²) in [6.45, 7) is 4.20. The minimum atomic E-state index is -3.91. The zero-order valence-electron chi connectivity index (χ0n) is 11.5. The van der Waals surface area contributed by atoms with Crippen LogP contribution in [0.5, 0.6) is 0 Å². The van der Waals surface area contributed by atoms with Crippen molar-refractivity contribution in [2.75, 3.05) is 32.0 Å². The van der Waals surface area contributed by atoms with E-state index in [2.05, 4.69) is 10.2 Å². The van der Waals surface area contributed by atoms with Crippen molar-refractivity contribution in [2.45, 2.75) is 11.8 Å². The molecule has 7 nitrogen and oxygen atoms in total. The maximum Gasteiger partial charge on any atom is 0.337 e. The van der Waals surface area contributed by atoms with Gasteiger partial charge in [0.2, 0.25) is 10.0 Å². The number of sulfonamides is 1. The zero-order valence-corrected chi connectivity index (χ0v) is 12.3. The second-order valence-electron chi connectivity index (χ2n) is 4.38. The first-order valence-electron chi connectivity index (χ1n) is 6.08. The summed E-state index contributed by atoms with van der Waals surface area (Å²) in [7, 11) is -1.96. The van der Waals surface area contributed by atoms with Crippen LogP contribution in [0.2, 0.25) is 0 Å². The fraction of sp³-hybridized carbons (Fsp3) is 0.417. The van der Waals surface area contributed by atoms with Crippen LogP contribution in [0.3, 0.4) is 0 Å². The predicted octanol–water partition coefficient (Wildman–Crippen LogP) is 0.396. The Balaban J connectivity index is 2.94. The SMILES string of the molecule is CCN(C)CCNc1ccc(S(N)(=O)=O)cc1C(=O)O. The Bertz CT molecular complexity index is 586. The quantitative estimate of drug-likeness (QED) is 0.672. The van der Waals surface area contributed by atoms with Crippen LogP contribution in [-0.4, -0.2) is 51.1 Å². The van der Waals surface area contributed by atoms with Crippen molar-refractivity contribution in [2.24, 2.45) is 5.14 Å². The summed E-state index contributed by atoms with van der Waals surface area (Å²) < 4.78 is 22.4. The number of aromatic carboxylic acids is 1. The third kappa shape index (κ3) is 4.48. The molecule has 0 aliphatic heterocycles. The maximum atomic E-state index is 11.2. The van der Waals surface area contributed by atoms with E-state index in [4.69, 9.17) is 10.2 Å². The van der Waals surface area contributed by atoms with E-state index in [1.165, 1.54) is 12.1 Å². The Morgan fingerprint density at radius 2 is 2.10 bits per heavy atom. The molecule has 0 aromatic heterocycles. The molecule has 0 bridgehead atoms. The molecule has 1 rings (SSSR count). The van der Waals surface area contributed by atoms with E-state index >= 15 is 0 Å². The van der Waals surface area contributed by atoms with Gasteiger partial charge >= 0.3 is 5.97 Å². The fourth-order valence-corrected chi connectivity index (χ4v) is 2.11. The number of carboxylic acids is 1. The van der Waals surface area contributed by atoms with Gasteiger partial charge in [-0.1, -0.05) is 6.92 Å². The van der Waals surface area contributed by atoms with Crippen molar-refractivity contribution in [1.82, 2.24) is 4.90 Å². The highest BCUT2D eigenvalue weighted by Crippen LogP contribution is 2.19. The normalized spacial score (nSPS) is 11.6. The van der Waals surface area contributed by atoms with Gasteiger partial charge in [-0.2, -0.15) is 0 Å². The van der Waals surface area contributed by atoms with Gasteiger partial charge in [0.1, 0.15) is 0 Å². The first-order chi connectivity index (χ1) is 9.25. The molecule has 0 saturated carbocycles. The number of anilines is 1. The molecule has 112 valence electrons. The van der Waals surface area contributed by atoms with Crippen LogP contribution in [0.25, 0.3) is 0 Å². The molecular formula is C12H19N3O4S. The van der Waals surface area contributed by atoms with Crippen molar-refractivity contribution >= 4 is 21.7 Å². The highest BCUT2D eigenvalue weighted by Gasteiger charge is 2.15. The van der Waals surface area contributed by atoms with E-state index in [0.717, 1.165) is 19.2 Å². The average molecular weight is 301 g/mol. The average Bonchev–Trinajstić information content (AvgIpc) is 2.37. The fourth-order valence-electron chi connectivity index (χ4n) is 1.57. The lowest BCUT2D eigenvalue weighted by Crippen LogP contribution is -2.25. The summed E-state index contributed by atoms with van der Waals surface area (Å²) in [5, 5.41) is 17.1. The highest BCUT2D eigenvalue weighted by molar-refractivity contribution is 7.89. The zero-order chi connectivity index (χ0) is 15.3. The number of carbonyl (C=O) groups is 1. The topological polar surface area (TPSA) is 113 Å². The van der Waals surface area contributed by atoms with Gasteiger partial charge in [0.15, 0.2) is 0 Å². The number of rotatable bonds is 7. The van der Waals surface area contributed by atoms with Crippen molar-refractivity contribution in [3.63, 3.8) is 0 Å². The second-order valence-corrected chi connectivity index (χ2v) is 5.94. The summed E-state index contributed by atoms with van der Waals surface area (Å²) in [6, 6.07) is 3.76. The number of nitrogens with two attached hydrogens (primary N) is 1. The molecule has 8 heteroatoms. The largest absolute Gasteiger partial charge is 0.478 e. The molecule has 0 unspecified atom stereocenters. The lowest BCUT2D eigenvalue weighted by molar-refractivity contribution is 0.0697. The number of benzene rings is 1. The number of hydrogen-bond acceptors (Lipinski definition) is 5. The van der Waals surface area contributed by atoms with Crippen LogP contribution < -0.4 is 10.5 Å². The third-order valence-electron chi connectivity index (χ3n) is 2.90. The maximum absolute atomic E-state index is 11.2. The molecule has 0 atom stereocenters. The van der Waals surface area contributed by atoms with Crippen LogP contribution >= 0.6 is 0 Å². The lowest BCUT2D eigenvalue weighted by Gasteiger charge is -2.16. The summed E-state index contributed by atoms with van der Waals surface area (Å²) in [6.07, 6.45) is 0. The van der Waals surface area contributed by atoms with Crippen LogP contribution in [0, 0.1) is 0 Å². The van der Waals surface area contributed by atoms with Gasteiger partial charge in [-0.25, -0.2) is 18.4 Å². The first kappa shape index (κ1) is 16.4. The third-order valence-corrected chi connectivity index (χ3v) is 3.81. The van der Waals surface area contributed by atoms with Gasteiger partial charge in [-0.3, -0.25) is 0 Å². The standard InChI is InChI=1S/C12H19N3O4S/c1-3-15(2)7-6-14-11-5-4-9(20(13,18)19)8-10(11)12(16)17/h4-5,8,14H,3,6-7H2,1-2H3,(H,16,17)(H2,13,18,19). The van der Waals surface area contributed by atoms with Gasteiger partial charge < -0.3 is 15.3 Å². The van der Waals surface area contributed by atoms with E-state index < -0.39 is 16.0 Å². The Kier molecular flexibility index (Phi) is 5.49. The predicted molar refractivity (Wildman–Crippen MR) is 76.4 cm³/mol. The van der Waals surface area contributed by atoms with E-state index in [0.29, 0.717) is 12.2 Å². The minimum absolute atomic E-state index is 0.115. The molecule has 1 aromatic carbocycles. The molecule has 4 N–H and O–H groups in total.